The lowest BCUT2D eigenvalue weighted by molar-refractivity contribution is 0.101. The zero-order chi connectivity index (χ0) is 14.7. The number of carbonyl (C=O) groups is 1. The van der Waals surface area contributed by atoms with Crippen molar-refractivity contribution in [3.8, 4) is 0 Å². The predicted octanol–water partition coefficient (Wildman–Crippen LogP) is 5.98. The fraction of sp³-hybridized carbons (Fsp3) is 0.650. The lowest BCUT2D eigenvalue weighted by Crippen LogP contribution is -2.12. The Balaban J connectivity index is 1.88. The molecule has 2 aliphatic carbocycles. The van der Waals surface area contributed by atoms with E-state index < -0.39 is 0 Å². The number of rotatable bonds is 3. The lowest BCUT2D eigenvalue weighted by atomic mass is 9.78. The van der Waals surface area contributed by atoms with Gasteiger partial charge in [0, 0.05) is 5.56 Å². The minimum Gasteiger partial charge on any atom is -0.295 e. The Bertz CT molecular complexity index is 491. The van der Waals surface area contributed by atoms with Crippen LogP contribution >= 0.6 is 0 Å². The molecule has 114 valence electrons. The van der Waals surface area contributed by atoms with Crippen LogP contribution in [0, 0.1) is 0 Å². The molecule has 1 heteroatoms. The molecule has 1 aromatic rings. The third-order valence-corrected chi connectivity index (χ3v) is 5.58. The van der Waals surface area contributed by atoms with Gasteiger partial charge in [-0.25, -0.2) is 0 Å². The summed E-state index contributed by atoms with van der Waals surface area (Å²) in [7, 11) is 0. The molecule has 2 fully saturated rings. The van der Waals surface area contributed by atoms with Crippen molar-refractivity contribution in [2.24, 2.45) is 0 Å². The first-order valence-electron chi connectivity index (χ1n) is 8.90. The van der Waals surface area contributed by atoms with Crippen LogP contribution in [0.2, 0.25) is 0 Å². The zero-order valence-electron chi connectivity index (χ0n) is 13.4. The Morgan fingerprint density at radius 2 is 1.43 bits per heavy atom. The summed E-state index contributed by atoms with van der Waals surface area (Å²) in [5.41, 5.74) is 3.77. The number of carbonyl (C=O) groups excluding carboxylic acids is 1. The highest BCUT2D eigenvalue weighted by Crippen LogP contribution is 2.38. The van der Waals surface area contributed by atoms with Crippen LogP contribution in [0.4, 0.5) is 0 Å². The van der Waals surface area contributed by atoms with Gasteiger partial charge in [-0.3, -0.25) is 4.79 Å². The molecule has 2 aliphatic rings. The highest BCUT2D eigenvalue weighted by Gasteiger charge is 2.22. The van der Waals surface area contributed by atoms with Crippen LogP contribution in [0.5, 0.6) is 0 Å². The summed E-state index contributed by atoms with van der Waals surface area (Å²) in [4.78, 5) is 12.1. The number of ketones is 1. The van der Waals surface area contributed by atoms with Crippen LogP contribution < -0.4 is 0 Å². The maximum Gasteiger partial charge on any atom is 0.160 e. The Hall–Kier alpha value is -1.11. The van der Waals surface area contributed by atoms with Crippen LogP contribution in [0.25, 0.3) is 0 Å². The van der Waals surface area contributed by atoms with E-state index in [-0.39, 0.29) is 5.78 Å². The monoisotopic (exact) mass is 284 g/mol. The molecule has 2 saturated carbocycles. The zero-order valence-corrected chi connectivity index (χ0v) is 13.4. The van der Waals surface area contributed by atoms with Gasteiger partial charge in [-0.05, 0) is 61.6 Å². The van der Waals surface area contributed by atoms with Gasteiger partial charge >= 0.3 is 0 Å². The highest BCUT2D eigenvalue weighted by molar-refractivity contribution is 5.96. The van der Waals surface area contributed by atoms with E-state index >= 15 is 0 Å². The quantitative estimate of drug-likeness (QED) is 0.623. The molecule has 21 heavy (non-hydrogen) atoms. The molecule has 0 saturated heterocycles. The first kappa shape index (κ1) is 14.8. The molecule has 0 spiro atoms. The largest absolute Gasteiger partial charge is 0.295 e. The van der Waals surface area contributed by atoms with Crippen LogP contribution in [-0.4, -0.2) is 5.78 Å². The van der Waals surface area contributed by atoms with Crippen LogP contribution in [0.15, 0.2) is 18.2 Å². The first-order valence-corrected chi connectivity index (χ1v) is 8.90. The maximum atomic E-state index is 12.1. The van der Waals surface area contributed by atoms with E-state index in [1.54, 1.807) is 6.92 Å². The third kappa shape index (κ3) is 3.39. The van der Waals surface area contributed by atoms with Crippen molar-refractivity contribution in [2.45, 2.75) is 83.0 Å². The Morgan fingerprint density at radius 1 is 0.857 bits per heavy atom. The van der Waals surface area contributed by atoms with Crippen molar-refractivity contribution in [2.75, 3.05) is 0 Å². The third-order valence-electron chi connectivity index (χ3n) is 5.58. The second kappa shape index (κ2) is 6.77. The molecule has 3 rings (SSSR count). The van der Waals surface area contributed by atoms with Crippen molar-refractivity contribution in [3.63, 3.8) is 0 Å². The number of hydrogen-bond acceptors (Lipinski definition) is 1. The molecule has 0 bridgehead atoms. The van der Waals surface area contributed by atoms with Gasteiger partial charge in [0.2, 0.25) is 0 Å². The molecular formula is C20H28O. The maximum absolute atomic E-state index is 12.1. The number of Topliss-reactive ketones (excluding diaryl/α,β-unsaturated/α-hetero) is 1. The second-order valence-corrected chi connectivity index (χ2v) is 7.07. The van der Waals surface area contributed by atoms with E-state index in [9.17, 15) is 4.79 Å². The van der Waals surface area contributed by atoms with Crippen LogP contribution in [-0.2, 0) is 0 Å². The molecule has 0 aliphatic heterocycles. The topological polar surface area (TPSA) is 17.1 Å². The van der Waals surface area contributed by atoms with Crippen LogP contribution in [0.3, 0.4) is 0 Å². The minimum absolute atomic E-state index is 0.258. The van der Waals surface area contributed by atoms with Gasteiger partial charge in [0.05, 0.1) is 0 Å². The molecule has 0 heterocycles. The average Bonchev–Trinajstić information content (AvgIpc) is 2.56. The predicted molar refractivity (Wildman–Crippen MR) is 88.1 cm³/mol. The highest BCUT2D eigenvalue weighted by atomic mass is 16.1. The standard InChI is InChI=1S/C20H28O/c1-15(21)20-14-18(16-8-4-2-5-9-16)12-13-19(20)17-10-6-3-7-11-17/h12-14,16-17H,2-11H2,1H3. The van der Waals surface area contributed by atoms with Gasteiger partial charge in [-0.15, -0.1) is 0 Å². The number of benzene rings is 1. The molecule has 0 radical (unpaired) electrons. The Kier molecular flexibility index (Phi) is 4.77. The second-order valence-electron chi connectivity index (χ2n) is 7.07. The van der Waals surface area contributed by atoms with Crippen molar-refractivity contribution in [1.82, 2.24) is 0 Å². The fourth-order valence-corrected chi connectivity index (χ4v) is 4.34. The van der Waals surface area contributed by atoms with Crippen molar-refractivity contribution >= 4 is 5.78 Å². The molecule has 1 nitrogen and oxygen atoms in total. The fourth-order valence-electron chi connectivity index (χ4n) is 4.34. The van der Waals surface area contributed by atoms with Crippen molar-refractivity contribution in [1.29, 1.82) is 0 Å². The number of hydrogen-bond donors (Lipinski definition) is 0. The van der Waals surface area contributed by atoms with Gasteiger partial charge < -0.3 is 0 Å². The Labute approximate surface area is 129 Å². The summed E-state index contributed by atoms with van der Waals surface area (Å²) < 4.78 is 0. The molecule has 0 amide bonds. The van der Waals surface area contributed by atoms with E-state index in [4.69, 9.17) is 0 Å². The normalized spacial score (nSPS) is 21.4. The molecular weight excluding hydrogens is 256 g/mol. The summed E-state index contributed by atoms with van der Waals surface area (Å²) in [6.45, 7) is 1.74. The van der Waals surface area contributed by atoms with Gasteiger partial charge in [0.15, 0.2) is 5.78 Å². The summed E-state index contributed by atoms with van der Waals surface area (Å²) in [5.74, 6) is 1.57. The Morgan fingerprint density at radius 3 is 2.00 bits per heavy atom. The van der Waals surface area contributed by atoms with Gasteiger partial charge in [-0.1, -0.05) is 50.7 Å². The summed E-state index contributed by atoms with van der Waals surface area (Å²) in [6.07, 6.45) is 13.3. The van der Waals surface area contributed by atoms with Crippen molar-refractivity contribution in [3.05, 3.63) is 34.9 Å². The molecule has 0 unspecified atom stereocenters. The van der Waals surface area contributed by atoms with E-state index in [1.165, 1.54) is 75.3 Å². The van der Waals surface area contributed by atoms with E-state index in [2.05, 4.69) is 18.2 Å². The van der Waals surface area contributed by atoms with Crippen LogP contribution in [0.1, 0.15) is 104 Å². The van der Waals surface area contributed by atoms with Gasteiger partial charge in [-0.2, -0.15) is 0 Å². The smallest absolute Gasteiger partial charge is 0.160 e. The first-order chi connectivity index (χ1) is 10.3. The summed E-state index contributed by atoms with van der Waals surface area (Å²) in [6, 6.07) is 6.85. The van der Waals surface area contributed by atoms with E-state index in [1.807, 2.05) is 0 Å². The summed E-state index contributed by atoms with van der Waals surface area (Å²) >= 11 is 0. The van der Waals surface area contributed by atoms with Crippen molar-refractivity contribution < 1.29 is 4.79 Å². The van der Waals surface area contributed by atoms with Gasteiger partial charge in [0.25, 0.3) is 0 Å². The molecule has 0 aromatic heterocycles. The van der Waals surface area contributed by atoms with Gasteiger partial charge in [0.1, 0.15) is 0 Å². The van der Waals surface area contributed by atoms with E-state index in [0.717, 1.165) is 5.56 Å². The molecule has 0 atom stereocenters. The summed E-state index contributed by atoms with van der Waals surface area (Å²) in [5, 5.41) is 0. The average molecular weight is 284 g/mol. The minimum atomic E-state index is 0.258. The molecule has 1 aromatic carbocycles. The molecule has 0 N–H and O–H groups in total. The van der Waals surface area contributed by atoms with E-state index in [0.29, 0.717) is 11.8 Å². The lowest BCUT2D eigenvalue weighted by Gasteiger charge is -2.26. The SMILES string of the molecule is CC(=O)c1cc(C2CCCCC2)ccc1C1CCCCC1.